The molecule has 1 aromatic carbocycles. The van der Waals surface area contributed by atoms with Gasteiger partial charge in [-0.25, -0.2) is 0 Å². The van der Waals surface area contributed by atoms with Gasteiger partial charge in [-0.3, -0.25) is 4.68 Å². The van der Waals surface area contributed by atoms with Crippen LogP contribution in [0.2, 0.25) is 0 Å². The van der Waals surface area contributed by atoms with Crippen molar-refractivity contribution in [2.24, 2.45) is 7.05 Å². The van der Waals surface area contributed by atoms with Crippen LogP contribution in [-0.4, -0.2) is 9.78 Å². The van der Waals surface area contributed by atoms with Gasteiger partial charge in [0.05, 0.1) is 12.4 Å². The topological polar surface area (TPSA) is 27.1 Å². The van der Waals surface area contributed by atoms with Crippen molar-refractivity contribution >= 4 is 0 Å². The predicted octanol–water partition coefficient (Wildman–Crippen LogP) is 2.62. The zero-order valence-electron chi connectivity index (χ0n) is 9.90. The zero-order chi connectivity index (χ0) is 11.5. The van der Waals surface area contributed by atoms with E-state index in [9.17, 15) is 0 Å². The van der Waals surface area contributed by atoms with E-state index >= 15 is 0 Å². The minimum Gasteiger partial charge on any atom is -0.486 e. The van der Waals surface area contributed by atoms with Crippen molar-refractivity contribution < 1.29 is 4.74 Å². The van der Waals surface area contributed by atoms with E-state index in [1.165, 1.54) is 16.7 Å². The van der Waals surface area contributed by atoms with E-state index in [0.29, 0.717) is 6.61 Å². The van der Waals surface area contributed by atoms with Crippen LogP contribution in [0, 0.1) is 13.8 Å². The summed E-state index contributed by atoms with van der Waals surface area (Å²) in [5, 5.41) is 4.06. The number of ether oxygens (including phenoxy) is 1. The second-order valence-electron chi connectivity index (χ2n) is 4.13. The van der Waals surface area contributed by atoms with Gasteiger partial charge in [0.15, 0.2) is 5.75 Å². The first kappa shape index (κ1) is 10.7. The molecule has 0 N–H and O–H groups in total. The second-order valence-corrected chi connectivity index (χ2v) is 4.13. The number of hydrogen-bond acceptors (Lipinski definition) is 2. The molecule has 0 fully saturated rings. The monoisotopic (exact) mass is 216 g/mol. The van der Waals surface area contributed by atoms with Gasteiger partial charge in [-0.05, 0) is 19.4 Å². The number of aromatic nitrogens is 2. The van der Waals surface area contributed by atoms with Gasteiger partial charge < -0.3 is 4.74 Å². The molecular formula is C13H16N2O. The minimum absolute atomic E-state index is 0.591. The Balaban J connectivity index is 2.04. The molecule has 3 nitrogen and oxygen atoms in total. The maximum atomic E-state index is 5.64. The largest absolute Gasteiger partial charge is 0.486 e. The Labute approximate surface area is 95.7 Å². The summed E-state index contributed by atoms with van der Waals surface area (Å²) in [7, 11) is 1.88. The molecule has 1 aromatic heterocycles. The Morgan fingerprint density at radius 2 is 1.88 bits per heavy atom. The first-order valence-corrected chi connectivity index (χ1v) is 5.32. The summed E-state index contributed by atoms with van der Waals surface area (Å²) in [5.74, 6) is 0.807. The first-order valence-electron chi connectivity index (χ1n) is 5.32. The summed E-state index contributed by atoms with van der Waals surface area (Å²) in [6.45, 7) is 4.79. The predicted molar refractivity (Wildman–Crippen MR) is 63.5 cm³/mol. The molecule has 1 heterocycles. The van der Waals surface area contributed by atoms with Crippen molar-refractivity contribution in [3.05, 3.63) is 47.3 Å². The molecule has 0 aliphatic rings. The molecule has 84 valence electrons. The fourth-order valence-corrected chi connectivity index (χ4v) is 1.79. The van der Waals surface area contributed by atoms with Crippen molar-refractivity contribution in [2.75, 3.05) is 0 Å². The molecule has 2 aromatic rings. The van der Waals surface area contributed by atoms with E-state index in [2.05, 4.69) is 37.1 Å². The van der Waals surface area contributed by atoms with Crippen molar-refractivity contribution in [1.82, 2.24) is 9.78 Å². The molecule has 0 atom stereocenters. The van der Waals surface area contributed by atoms with Crippen LogP contribution in [-0.2, 0) is 13.7 Å². The quantitative estimate of drug-likeness (QED) is 0.788. The lowest BCUT2D eigenvalue weighted by atomic mass is 10.1. The average molecular weight is 216 g/mol. The summed E-state index contributed by atoms with van der Waals surface area (Å²) in [6, 6.07) is 6.44. The van der Waals surface area contributed by atoms with E-state index in [1.807, 2.05) is 13.2 Å². The van der Waals surface area contributed by atoms with E-state index in [4.69, 9.17) is 4.74 Å². The van der Waals surface area contributed by atoms with Gasteiger partial charge in [-0.2, -0.15) is 5.10 Å². The molecule has 0 aliphatic heterocycles. The van der Waals surface area contributed by atoms with Crippen molar-refractivity contribution in [3.8, 4) is 5.75 Å². The third-order valence-electron chi connectivity index (χ3n) is 2.37. The Kier molecular flexibility index (Phi) is 2.95. The molecule has 3 heteroatoms. The van der Waals surface area contributed by atoms with E-state index in [1.54, 1.807) is 10.9 Å². The van der Waals surface area contributed by atoms with Gasteiger partial charge in [0.2, 0.25) is 0 Å². The van der Waals surface area contributed by atoms with Gasteiger partial charge in [0, 0.05) is 7.05 Å². The third kappa shape index (κ3) is 2.63. The van der Waals surface area contributed by atoms with Crippen LogP contribution in [0.25, 0.3) is 0 Å². The molecule has 0 amide bonds. The first-order chi connectivity index (χ1) is 7.63. The lowest BCUT2D eigenvalue weighted by Crippen LogP contribution is -1.95. The molecule has 0 aliphatic carbocycles. The fourth-order valence-electron chi connectivity index (χ4n) is 1.79. The van der Waals surface area contributed by atoms with E-state index < -0.39 is 0 Å². The summed E-state index contributed by atoms with van der Waals surface area (Å²) < 4.78 is 7.37. The lowest BCUT2D eigenvalue weighted by Gasteiger charge is -2.06. The highest BCUT2D eigenvalue weighted by atomic mass is 16.5. The fraction of sp³-hybridized carbons (Fsp3) is 0.308. The molecule has 0 radical (unpaired) electrons. The number of nitrogens with zero attached hydrogens (tertiary/aromatic N) is 2. The molecule has 0 saturated carbocycles. The second kappa shape index (κ2) is 4.39. The SMILES string of the molecule is Cc1cc(C)cc(COc2cnn(C)c2)c1. The molecule has 0 bridgehead atoms. The maximum absolute atomic E-state index is 5.64. The number of aryl methyl sites for hydroxylation is 3. The number of benzene rings is 1. The van der Waals surface area contributed by atoms with E-state index in [0.717, 1.165) is 5.75 Å². The summed E-state index contributed by atoms with van der Waals surface area (Å²) >= 11 is 0. The van der Waals surface area contributed by atoms with Crippen LogP contribution in [0.3, 0.4) is 0 Å². The Bertz CT molecular complexity index is 468. The summed E-state index contributed by atoms with van der Waals surface area (Å²) in [4.78, 5) is 0. The maximum Gasteiger partial charge on any atom is 0.157 e. The highest BCUT2D eigenvalue weighted by Gasteiger charge is 1.99. The average Bonchev–Trinajstić information content (AvgIpc) is 2.60. The highest BCUT2D eigenvalue weighted by Crippen LogP contribution is 2.13. The summed E-state index contributed by atoms with van der Waals surface area (Å²) in [6.07, 6.45) is 3.59. The Hall–Kier alpha value is -1.77. The van der Waals surface area contributed by atoms with Crippen molar-refractivity contribution in [2.45, 2.75) is 20.5 Å². The lowest BCUT2D eigenvalue weighted by molar-refractivity contribution is 0.306. The molecule has 2 rings (SSSR count). The van der Waals surface area contributed by atoms with Crippen molar-refractivity contribution in [3.63, 3.8) is 0 Å². The molecular weight excluding hydrogens is 200 g/mol. The smallest absolute Gasteiger partial charge is 0.157 e. The van der Waals surface area contributed by atoms with Gasteiger partial charge in [0.25, 0.3) is 0 Å². The van der Waals surface area contributed by atoms with Crippen LogP contribution in [0.1, 0.15) is 16.7 Å². The number of rotatable bonds is 3. The van der Waals surface area contributed by atoms with Gasteiger partial charge in [-0.1, -0.05) is 29.3 Å². The Morgan fingerprint density at radius 1 is 1.19 bits per heavy atom. The molecule has 0 spiro atoms. The van der Waals surface area contributed by atoms with E-state index in [-0.39, 0.29) is 0 Å². The van der Waals surface area contributed by atoms with Crippen LogP contribution in [0.15, 0.2) is 30.6 Å². The van der Waals surface area contributed by atoms with Gasteiger partial charge >= 0.3 is 0 Å². The van der Waals surface area contributed by atoms with Crippen LogP contribution in [0.5, 0.6) is 5.75 Å². The van der Waals surface area contributed by atoms with Crippen LogP contribution >= 0.6 is 0 Å². The van der Waals surface area contributed by atoms with Crippen LogP contribution < -0.4 is 4.74 Å². The minimum atomic E-state index is 0.591. The zero-order valence-corrected chi connectivity index (χ0v) is 9.90. The van der Waals surface area contributed by atoms with Gasteiger partial charge in [-0.15, -0.1) is 0 Å². The number of hydrogen-bond donors (Lipinski definition) is 0. The van der Waals surface area contributed by atoms with Gasteiger partial charge in [0.1, 0.15) is 6.61 Å². The normalized spacial score (nSPS) is 10.4. The molecule has 0 saturated heterocycles. The Morgan fingerprint density at radius 3 is 2.44 bits per heavy atom. The van der Waals surface area contributed by atoms with Crippen LogP contribution in [0.4, 0.5) is 0 Å². The highest BCUT2D eigenvalue weighted by molar-refractivity contribution is 5.28. The summed E-state index contributed by atoms with van der Waals surface area (Å²) in [5.41, 5.74) is 3.73. The molecule has 16 heavy (non-hydrogen) atoms. The van der Waals surface area contributed by atoms with Crippen molar-refractivity contribution in [1.29, 1.82) is 0 Å². The standard InChI is InChI=1S/C13H16N2O/c1-10-4-11(2)6-12(5-10)9-16-13-7-14-15(3)8-13/h4-8H,9H2,1-3H3. The third-order valence-corrected chi connectivity index (χ3v) is 2.37. The molecule has 0 unspecified atom stereocenters.